The maximum Gasteiger partial charge on any atom is 0.306 e. The van der Waals surface area contributed by atoms with Crippen LogP contribution >= 0.6 is 0 Å². The summed E-state index contributed by atoms with van der Waals surface area (Å²) >= 11 is 0. The second-order valence-corrected chi connectivity index (χ2v) is 12.3. The largest absolute Gasteiger partial charge is 0.462 e. The van der Waals surface area contributed by atoms with E-state index in [-0.39, 0.29) is 25.6 Å². The molecular formula is C41H68O7. The molecule has 0 unspecified atom stereocenters. The Bertz CT molecular complexity index is 931. The molecule has 0 aromatic heterocycles. The predicted octanol–water partition coefficient (Wildman–Crippen LogP) is 9.33. The second kappa shape index (κ2) is 35.6. The summed E-state index contributed by atoms with van der Waals surface area (Å²) in [5.41, 5.74) is 0. The summed E-state index contributed by atoms with van der Waals surface area (Å²) in [6.07, 6.45) is 40.3. The Morgan fingerprint density at radius 2 is 1.12 bits per heavy atom. The van der Waals surface area contributed by atoms with E-state index in [0.717, 1.165) is 25.7 Å². The van der Waals surface area contributed by atoms with Gasteiger partial charge < -0.3 is 24.8 Å². The maximum absolute atomic E-state index is 12.1. The fourth-order valence-electron chi connectivity index (χ4n) is 4.81. The number of esters is 2. The van der Waals surface area contributed by atoms with E-state index in [2.05, 4.69) is 13.8 Å². The van der Waals surface area contributed by atoms with Crippen molar-refractivity contribution in [3.05, 3.63) is 72.9 Å². The molecule has 0 aromatic rings. The summed E-state index contributed by atoms with van der Waals surface area (Å²) in [6.45, 7) is 3.78. The van der Waals surface area contributed by atoms with Gasteiger partial charge in [0.05, 0.1) is 18.8 Å². The van der Waals surface area contributed by atoms with Gasteiger partial charge in [-0.15, -0.1) is 0 Å². The third-order valence-electron chi connectivity index (χ3n) is 7.69. The molecule has 0 aliphatic rings. The van der Waals surface area contributed by atoms with Crippen LogP contribution in [0.1, 0.15) is 142 Å². The third kappa shape index (κ3) is 33.2. The summed E-state index contributed by atoms with van der Waals surface area (Å²) in [5.74, 6) is -0.763. The molecule has 0 amide bonds. The van der Waals surface area contributed by atoms with Gasteiger partial charge in [0.1, 0.15) is 6.61 Å². The fourth-order valence-corrected chi connectivity index (χ4v) is 4.81. The molecule has 0 aromatic carbocycles. The first-order valence-electron chi connectivity index (χ1n) is 18.7. The Hall–Kier alpha value is -2.74. The van der Waals surface area contributed by atoms with Crippen LogP contribution in [0.3, 0.4) is 0 Å². The van der Waals surface area contributed by atoms with Crippen LogP contribution in [0.25, 0.3) is 0 Å². The Morgan fingerprint density at radius 3 is 1.67 bits per heavy atom. The first-order valence-corrected chi connectivity index (χ1v) is 18.7. The number of aliphatic hydroxyl groups is 3. The molecule has 0 spiro atoms. The van der Waals surface area contributed by atoms with E-state index in [1.807, 2.05) is 48.6 Å². The van der Waals surface area contributed by atoms with Crippen molar-refractivity contribution in [1.29, 1.82) is 0 Å². The summed E-state index contributed by atoms with van der Waals surface area (Å²) in [4.78, 5) is 24.2. The average Bonchev–Trinajstić information content (AvgIpc) is 3.07. The molecule has 3 N–H and O–H groups in total. The monoisotopic (exact) mass is 672 g/mol. The van der Waals surface area contributed by atoms with Gasteiger partial charge in [0.25, 0.3) is 0 Å². The highest BCUT2D eigenvalue weighted by Crippen LogP contribution is 2.13. The molecule has 3 atom stereocenters. The molecule has 0 saturated heterocycles. The molecule has 48 heavy (non-hydrogen) atoms. The minimum Gasteiger partial charge on any atom is -0.462 e. The molecule has 0 heterocycles. The lowest BCUT2D eigenvalue weighted by Gasteiger charge is -2.15. The first-order chi connectivity index (χ1) is 23.4. The van der Waals surface area contributed by atoms with Crippen molar-refractivity contribution >= 4 is 11.9 Å². The molecule has 0 aliphatic heterocycles. The van der Waals surface area contributed by atoms with E-state index in [4.69, 9.17) is 9.47 Å². The van der Waals surface area contributed by atoms with Crippen molar-refractivity contribution in [3.63, 3.8) is 0 Å². The minimum atomic E-state index is -0.834. The SMILES string of the molecule is CC/C=C\C[C@@H](O)/C=C/C=C\C=C\[C@@H](O)C/C=C\C/C=C\CCC(=O)OC[C@H](CO)OC(=O)CCCCCCCCCCCCCCC. The first kappa shape index (κ1) is 45.3. The predicted molar refractivity (Wildman–Crippen MR) is 198 cm³/mol. The van der Waals surface area contributed by atoms with E-state index in [9.17, 15) is 24.9 Å². The lowest BCUT2D eigenvalue weighted by atomic mass is 10.0. The lowest BCUT2D eigenvalue weighted by molar-refractivity contribution is -0.161. The molecular weight excluding hydrogens is 604 g/mol. The molecule has 0 saturated carbocycles. The lowest BCUT2D eigenvalue weighted by Crippen LogP contribution is -2.28. The van der Waals surface area contributed by atoms with E-state index in [1.165, 1.54) is 64.2 Å². The number of hydrogen-bond donors (Lipinski definition) is 3. The van der Waals surface area contributed by atoms with E-state index >= 15 is 0 Å². The van der Waals surface area contributed by atoms with Gasteiger partial charge in [0.15, 0.2) is 6.10 Å². The van der Waals surface area contributed by atoms with Crippen LogP contribution in [0.15, 0.2) is 72.9 Å². The zero-order valence-electron chi connectivity index (χ0n) is 30.2. The topological polar surface area (TPSA) is 113 Å². The van der Waals surface area contributed by atoms with Crippen molar-refractivity contribution in [2.75, 3.05) is 13.2 Å². The second-order valence-electron chi connectivity index (χ2n) is 12.3. The summed E-state index contributed by atoms with van der Waals surface area (Å²) in [7, 11) is 0. The Morgan fingerprint density at radius 1 is 0.604 bits per heavy atom. The van der Waals surface area contributed by atoms with E-state index in [1.54, 1.807) is 24.3 Å². The molecule has 0 fully saturated rings. The number of ether oxygens (including phenoxy) is 2. The summed E-state index contributed by atoms with van der Waals surface area (Å²) in [5, 5.41) is 29.3. The molecule has 7 nitrogen and oxygen atoms in total. The molecule has 0 bridgehead atoms. The summed E-state index contributed by atoms with van der Waals surface area (Å²) in [6, 6.07) is 0. The minimum absolute atomic E-state index is 0.143. The number of carbonyl (C=O) groups excluding carboxylic acids is 2. The number of unbranched alkanes of at least 4 members (excludes halogenated alkanes) is 12. The molecule has 0 radical (unpaired) electrons. The van der Waals surface area contributed by atoms with Crippen molar-refractivity contribution in [3.8, 4) is 0 Å². The van der Waals surface area contributed by atoms with Gasteiger partial charge in [-0.25, -0.2) is 0 Å². The van der Waals surface area contributed by atoms with Crippen LogP contribution < -0.4 is 0 Å². The highest BCUT2D eigenvalue weighted by Gasteiger charge is 2.15. The van der Waals surface area contributed by atoms with Gasteiger partial charge in [-0.2, -0.15) is 0 Å². The van der Waals surface area contributed by atoms with Crippen LogP contribution in [0.4, 0.5) is 0 Å². The molecule has 0 aliphatic carbocycles. The highest BCUT2D eigenvalue weighted by atomic mass is 16.6. The smallest absolute Gasteiger partial charge is 0.306 e. The maximum atomic E-state index is 12.1. The van der Waals surface area contributed by atoms with Crippen LogP contribution in [0, 0.1) is 0 Å². The van der Waals surface area contributed by atoms with Crippen molar-refractivity contribution in [2.24, 2.45) is 0 Å². The Balaban J connectivity index is 3.86. The molecule has 0 rings (SSSR count). The van der Waals surface area contributed by atoms with Gasteiger partial charge in [-0.05, 0) is 38.5 Å². The van der Waals surface area contributed by atoms with Crippen molar-refractivity contribution in [2.45, 2.75) is 161 Å². The molecule has 7 heteroatoms. The van der Waals surface area contributed by atoms with Crippen LogP contribution in [-0.2, 0) is 19.1 Å². The van der Waals surface area contributed by atoms with Gasteiger partial charge in [-0.3, -0.25) is 9.59 Å². The Labute approximate surface area is 292 Å². The highest BCUT2D eigenvalue weighted by molar-refractivity contribution is 5.70. The van der Waals surface area contributed by atoms with E-state index in [0.29, 0.717) is 32.1 Å². The van der Waals surface area contributed by atoms with Crippen molar-refractivity contribution < 1.29 is 34.4 Å². The number of aliphatic hydroxyl groups excluding tert-OH is 3. The summed E-state index contributed by atoms with van der Waals surface area (Å²) < 4.78 is 10.5. The van der Waals surface area contributed by atoms with Crippen LogP contribution in [0.5, 0.6) is 0 Å². The average molecular weight is 673 g/mol. The molecule has 274 valence electrons. The number of allylic oxidation sites excluding steroid dienone is 8. The number of hydrogen-bond acceptors (Lipinski definition) is 7. The zero-order valence-corrected chi connectivity index (χ0v) is 30.2. The standard InChI is InChI=1S/C41H68O7/c1-3-5-7-8-9-10-11-12-13-14-15-20-28-34-41(46)48-39(35-42)36-47-40(45)33-27-19-17-16-18-24-30-38(44)32-26-22-21-25-31-37(43)29-23-6-4-2/h6,17-19,21-26,31-32,37-39,42-44H,3-5,7-16,20,27-30,33-36H2,1-2H3/b19-17-,22-21-,23-6-,24-18-,31-25+,32-26+/t37-,38+,39+/m1/s1. The van der Waals surface area contributed by atoms with E-state index < -0.39 is 24.3 Å². The zero-order chi connectivity index (χ0) is 35.3. The van der Waals surface area contributed by atoms with Crippen LogP contribution in [-0.4, -0.2) is 58.8 Å². The van der Waals surface area contributed by atoms with Gasteiger partial charge in [0.2, 0.25) is 0 Å². The quantitative estimate of drug-likeness (QED) is 0.0282. The normalized spacial score (nSPS) is 14.4. The van der Waals surface area contributed by atoms with Gasteiger partial charge >= 0.3 is 11.9 Å². The Kier molecular flexibility index (Phi) is 33.5. The van der Waals surface area contributed by atoms with Crippen molar-refractivity contribution in [1.82, 2.24) is 0 Å². The van der Waals surface area contributed by atoms with Crippen LogP contribution in [0.2, 0.25) is 0 Å². The fraction of sp³-hybridized carbons (Fsp3) is 0.659. The van der Waals surface area contributed by atoms with Gasteiger partial charge in [-0.1, -0.05) is 164 Å². The number of rotatable bonds is 32. The number of carbonyl (C=O) groups is 2. The van der Waals surface area contributed by atoms with Gasteiger partial charge in [0, 0.05) is 12.8 Å². The third-order valence-corrected chi connectivity index (χ3v) is 7.69.